The molecular weight excluding hydrogens is 552 g/mol. The molecule has 0 radical (unpaired) electrons. The first-order chi connectivity index (χ1) is 22.2. The Morgan fingerprint density at radius 2 is 1.07 bits per heavy atom. The summed E-state index contributed by atoms with van der Waals surface area (Å²) in [5, 5.41) is 22.1. The zero-order chi connectivity index (χ0) is 30.6. The van der Waals surface area contributed by atoms with E-state index >= 15 is 0 Å². The van der Waals surface area contributed by atoms with E-state index in [2.05, 4.69) is 23.5 Å². The average Bonchev–Trinajstić information content (AvgIpc) is 3.12. The summed E-state index contributed by atoms with van der Waals surface area (Å²) in [5.74, 6) is 1.74. The summed E-state index contributed by atoms with van der Waals surface area (Å²) in [6.45, 7) is 0. The lowest BCUT2D eigenvalue weighted by Gasteiger charge is -2.25. The molecule has 45 heavy (non-hydrogen) atoms. The second-order valence-electron chi connectivity index (χ2n) is 10.5. The molecule has 0 spiro atoms. The van der Waals surface area contributed by atoms with Crippen LogP contribution in [0.25, 0.3) is 57.2 Å². The van der Waals surface area contributed by atoms with E-state index in [-0.39, 0.29) is 5.71 Å². The van der Waals surface area contributed by atoms with E-state index in [1.807, 2.05) is 133 Å². The number of aromatic nitrogens is 3. The predicted molar refractivity (Wildman–Crippen MR) is 180 cm³/mol. The quantitative estimate of drug-likeness (QED) is 0.193. The Morgan fingerprint density at radius 3 is 1.60 bits per heavy atom. The molecule has 212 valence electrons. The fraction of sp³-hybridized carbons (Fsp3) is 0. The third-order valence-corrected chi connectivity index (χ3v) is 7.60. The molecule has 6 heteroatoms. The lowest BCUT2D eigenvalue weighted by atomic mass is 9.89. The lowest BCUT2D eigenvalue weighted by molar-refractivity contribution is 1.07. The summed E-state index contributed by atoms with van der Waals surface area (Å²) in [5.41, 5.74) is 8.16. The molecule has 6 nitrogen and oxygen atoms in total. The van der Waals surface area contributed by atoms with Crippen LogP contribution in [-0.2, 0) is 0 Å². The number of nitrogens with one attached hydrogen (secondary N) is 2. The van der Waals surface area contributed by atoms with Gasteiger partial charge in [-0.2, -0.15) is 5.26 Å². The molecule has 7 rings (SSSR count). The third-order valence-electron chi connectivity index (χ3n) is 7.60. The van der Waals surface area contributed by atoms with Gasteiger partial charge in [-0.3, -0.25) is 5.41 Å². The maximum atomic E-state index is 9.89. The second kappa shape index (κ2) is 12.0. The average molecular weight is 579 g/mol. The molecule has 2 N–H and O–H groups in total. The standard InChI is InChI=1S/C39H26N6/c40-25-33(41)35(27-15-7-2-8-16-27)36-32-22-21-30(23-31(32)24-34(42-36)26-13-5-1-6-14-26)39-44-37(28-17-9-3-10-18-28)43-38(45-39)29-19-11-4-12-20-29/h1-24,41-42H/b36-35-,41-33?. The summed E-state index contributed by atoms with van der Waals surface area (Å²) in [7, 11) is 0. The summed E-state index contributed by atoms with van der Waals surface area (Å²) < 4.78 is 0. The zero-order valence-electron chi connectivity index (χ0n) is 24.1. The predicted octanol–water partition coefficient (Wildman–Crippen LogP) is 8.39. The molecule has 1 aromatic heterocycles. The number of rotatable bonds is 6. The normalized spacial score (nSPS) is 13.1. The van der Waals surface area contributed by atoms with Gasteiger partial charge < -0.3 is 5.32 Å². The van der Waals surface area contributed by atoms with Crippen molar-refractivity contribution in [2.24, 2.45) is 0 Å². The maximum absolute atomic E-state index is 9.89. The summed E-state index contributed by atoms with van der Waals surface area (Å²) in [6, 6.07) is 47.6. The van der Waals surface area contributed by atoms with E-state index < -0.39 is 0 Å². The topological polar surface area (TPSA) is 98.3 Å². The molecule has 0 saturated carbocycles. The summed E-state index contributed by atoms with van der Waals surface area (Å²) in [4.78, 5) is 14.7. The Morgan fingerprint density at radius 1 is 0.578 bits per heavy atom. The van der Waals surface area contributed by atoms with Crippen LogP contribution in [0.5, 0.6) is 0 Å². The van der Waals surface area contributed by atoms with E-state index in [0.29, 0.717) is 28.7 Å². The number of benzene rings is 5. The van der Waals surface area contributed by atoms with Crippen molar-refractivity contribution in [3.8, 4) is 40.2 Å². The van der Waals surface area contributed by atoms with Crippen LogP contribution >= 0.6 is 0 Å². The lowest BCUT2D eigenvalue weighted by Crippen LogP contribution is -2.19. The van der Waals surface area contributed by atoms with Gasteiger partial charge in [0.1, 0.15) is 11.8 Å². The highest BCUT2D eigenvalue weighted by molar-refractivity contribution is 6.35. The van der Waals surface area contributed by atoms with Crippen molar-refractivity contribution in [3.63, 3.8) is 0 Å². The second-order valence-corrected chi connectivity index (χ2v) is 10.5. The molecule has 0 atom stereocenters. The highest BCUT2D eigenvalue weighted by Crippen LogP contribution is 2.37. The van der Waals surface area contributed by atoms with Gasteiger partial charge in [0.25, 0.3) is 0 Å². The SMILES string of the molecule is N#CC(=N)/C(=C1\NC(c2ccccc2)=Cc2cc(-c3nc(-c4ccccc4)nc(-c4ccccc4)n3)ccc21)c1ccccc1. The molecule has 2 heterocycles. The first-order valence-corrected chi connectivity index (χ1v) is 14.5. The highest BCUT2D eigenvalue weighted by Gasteiger charge is 2.24. The van der Waals surface area contributed by atoms with Crippen LogP contribution in [0.4, 0.5) is 0 Å². The van der Waals surface area contributed by atoms with Gasteiger partial charge in [-0.25, -0.2) is 15.0 Å². The van der Waals surface area contributed by atoms with Crippen molar-refractivity contribution in [2.45, 2.75) is 0 Å². The number of hydrogen-bond donors (Lipinski definition) is 2. The van der Waals surface area contributed by atoms with Crippen molar-refractivity contribution < 1.29 is 0 Å². The first-order valence-electron chi connectivity index (χ1n) is 14.5. The largest absolute Gasteiger partial charge is 0.354 e. The van der Waals surface area contributed by atoms with E-state index in [1.165, 1.54) is 0 Å². The minimum absolute atomic E-state index is 0.120. The molecule has 0 aliphatic carbocycles. The van der Waals surface area contributed by atoms with Gasteiger partial charge in [0, 0.05) is 33.5 Å². The Bertz CT molecular complexity index is 2070. The van der Waals surface area contributed by atoms with Gasteiger partial charge in [-0.15, -0.1) is 0 Å². The Labute approximate surface area is 261 Å². The number of allylic oxidation sites excluding steroid dienone is 1. The van der Waals surface area contributed by atoms with E-state index in [1.54, 1.807) is 0 Å². The van der Waals surface area contributed by atoms with Crippen LogP contribution in [0.1, 0.15) is 22.3 Å². The van der Waals surface area contributed by atoms with Crippen LogP contribution in [0.2, 0.25) is 0 Å². The molecule has 0 bridgehead atoms. The minimum Gasteiger partial charge on any atom is -0.354 e. The van der Waals surface area contributed by atoms with Gasteiger partial charge in [0.2, 0.25) is 0 Å². The van der Waals surface area contributed by atoms with E-state index in [9.17, 15) is 5.26 Å². The van der Waals surface area contributed by atoms with Gasteiger partial charge in [0.05, 0.1) is 5.70 Å². The Hall–Kier alpha value is -6.45. The summed E-state index contributed by atoms with van der Waals surface area (Å²) in [6.07, 6.45) is 2.09. The molecule has 1 aliphatic rings. The molecule has 5 aromatic carbocycles. The van der Waals surface area contributed by atoms with Crippen LogP contribution in [-0.4, -0.2) is 20.7 Å². The van der Waals surface area contributed by atoms with Crippen molar-refractivity contribution in [1.82, 2.24) is 20.3 Å². The first kappa shape index (κ1) is 27.4. The monoisotopic (exact) mass is 578 g/mol. The van der Waals surface area contributed by atoms with Crippen LogP contribution in [0.3, 0.4) is 0 Å². The van der Waals surface area contributed by atoms with E-state index in [4.69, 9.17) is 20.4 Å². The molecule has 0 unspecified atom stereocenters. The van der Waals surface area contributed by atoms with Crippen molar-refractivity contribution >= 4 is 28.8 Å². The molecule has 0 amide bonds. The number of hydrogen-bond acceptors (Lipinski definition) is 6. The molecule has 6 aromatic rings. The van der Waals surface area contributed by atoms with Gasteiger partial charge in [-0.1, -0.05) is 133 Å². The Kier molecular flexibility index (Phi) is 7.33. The van der Waals surface area contributed by atoms with Gasteiger partial charge in [0.15, 0.2) is 17.5 Å². The van der Waals surface area contributed by atoms with Gasteiger partial charge in [-0.05, 0) is 28.8 Å². The van der Waals surface area contributed by atoms with Crippen LogP contribution in [0, 0.1) is 16.7 Å². The summed E-state index contributed by atoms with van der Waals surface area (Å²) >= 11 is 0. The highest BCUT2D eigenvalue weighted by atomic mass is 15.0. The zero-order valence-corrected chi connectivity index (χ0v) is 24.1. The van der Waals surface area contributed by atoms with E-state index in [0.717, 1.165) is 44.6 Å². The third kappa shape index (κ3) is 5.54. The number of nitriles is 1. The fourth-order valence-corrected chi connectivity index (χ4v) is 5.42. The van der Waals surface area contributed by atoms with Crippen LogP contribution in [0.15, 0.2) is 140 Å². The molecule has 1 aliphatic heterocycles. The Balaban J connectivity index is 1.45. The minimum atomic E-state index is -0.120. The smallest absolute Gasteiger partial charge is 0.164 e. The molecule has 0 fully saturated rings. The fourth-order valence-electron chi connectivity index (χ4n) is 5.42. The maximum Gasteiger partial charge on any atom is 0.164 e. The van der Waals surface area contributed by atoms with Crippen molar-refractivity contribution in [2.75, 3.05) is 0 Å². The van der Waals surface area contributed by atoms with Gasteiger partial charge >= 0.3 is 0 Å². The van der Waals surface area contributed by atoms with Crippen LogP contribution < -0.4 is 5.32 Å². The molecular formula is C39H26N6. The number of nitrogens with zero attached hydrogens (tertiary/aromatic N) is 4. The van der Waals surface area contributed by atoms with Crippen molar-refractivity contribution in [1.29, 1.82) is 10.7 Å². The van der Waals surface area contributed by atoms with Crippen molar-refractivity contribution in [3.05, 3.63) is 162 Å². The number of fused-ring (bicyclic) bond motifs is 1. The molecule has 0 saturated heterocycles.